The number of benzene rings is 1. The number of rotatable bonds is 4. The number of H-pyrrole nitrogens is 1. The fourth-order valence-corrected chi connectivity index (χ4v) is 1.86. The Kier molecular flexibility index (Phi) is 3.59. The van der Waals surface area contributed by atoms with Gasteiger partial charge in [0, 0.05) is 18.5 Å². The van der Waals surface area contributed by atoms with Crippen LogP contribution in [0.15, 0.2) is 24.3 Å². The number of hydrogen-bond acceptors (Lipinski definition) is 2. The maximum atomic E-state index is 8.88. The molecule has 17 heavy (non-hydrogen) atoms. The zero-order valence-electron chi connectivity index (χ0n) is 10.3. The summed E-state index contributed by atoms with van der Waals surface area (Å²) in [5.74, 6) is 0.868. The third-order valence-electron chi connectivity index (χ3n) is 2.88. The van der Waals surface area contributed by atoms with Gasteiger partial charge in [-0.25, -0.2) is 4.98 Å². The third kappa shape index (κ3) is 2.94. The molecule has 2 rings (SSSR count). The van der Waals surface area contributed by atoms with E-state index < -0.39 is 0 Å². The van der Waals surface area contributed by atoms with Crippen LogP contribution in [0.25, 0.3) is 0 Å². The van der Waals surface area contributed by atoms with Crippen molar-refractivity contribution in [2.75, 3.05) is 6.61 Å². The van der Waals surface area contributed by atoms with Crippen LogP contribution < -0.4 is 0 Å². The first-order valence-corrected chi connectivity index (χ1v) is 5.90. The number of aryl methyl sites for hydroxylation is 2. The lowest BCUT2D eigenvalue weighted by atomic mass is 10.1. The van der Waals surface area contributed by atoms with Crippen LogP contribution in [0.4, 0.5) is 0 Å². The SMILES string of the molecule is Cc1ccc(Cc2nc(CCO)[nH]c2C)cc1. The molecule has 0 aliphatic carbocycles. The number of aliphatic hydroxyl groups excluding tert-OH is 1. The van der Waals surface area contributed by atoms with E-state index in [1.54, 1.807) is 0 Å². The zero-order chi connectivity index (χ0) is 12.3. The van der Waals surface area contributed by atoms with Gasteiger partial charge in [0.15, 0.2) is 0 Å². The summed E-state index contributed by atoms with van der Waals surface area (Å²) in [5, 5.41) is 8.88. The molecule has 2 N–H and O–H groups in total. The number of aromatic amines is 1. The highest BCUT2D eigenvalue weighted by atomic mass is 16.3. The molecule has 1 aromatic heterocycles. The van der Waals surface area contributed by atoms with Crippen LogP contribution in [0.1, 0.15) is 28.3 Å². The largest absolute Gasteiger partial charge is 0.396 e. The van der Waals surface area contributed by atoms with E-state index in [1.807, 2.05) is 6.92 Å². The molecule has 1 heterocycles. The first-order chi connectivity index (χ1) is 8.19. The van der Waals surface area contributed by atoms with E-state index in [4.69, 9.17) is 5.11 Å². The molecule has 2 aromatic rings. The molecule has 0 atom stereocenters. The van der Waals surface area contributed by atoms with Crippen molar-refractivity contribution in [1.82, 2.24) is 9.97 Å². The van der Waals surface area contributed by atoms with Gasteiger partial charge in [-0.2, -0.15) is 0 Å². The molecular weight excluding hydrogens is 212 g/mol. The normalized spacial score (nSPS) is 10.8. The van der Waals surface area contributed by atoms with Crippen molar-refractivity contribution in [2.24, 2.45) is 0 Å². The molecule has 3 heteroatoms. The molecule has 0 fully saturated rings. The second kappa shape index (κ2) is 5.15. The lowest BCUT2D eigenvalue weighted by Gasteiger charge is -2.00. The molecule has 0 saturated heterocycles. The van der Waals surface area contributed by atoms with Crippen LogP contribution in [-0.4, -0.2) is 21.7 Å². The van der Waals surface area contributed by atoms with Crippen LogP contribution >= 0.6 is 0 Å². The predicted octanol–water partition coefficient (Wildman–Crippen LogP) is 2.15. The summed E-state index contributed by atoms with van der Waals surface area (Å²) in [5.41, 5.74) is 4.69. The second-order valence-corrected chi connectivity index (χ2v) is 4.39. The Bertz CT molecular complexity index is 485. The van der Waals surface area contributed by atoms with Crippen molar-refractivity contribution >= 4 is 0 Å². The lowest BCUT2D eigenvalue weighted by molar-refractivity contribution is 0.297. The van der Waals surface area contributed by atoms with Crippen molar-refractivity contribution in [2.45, 2.75) is 26.7 Å². The maximum absolute atomic E-state index is 8.88. The molecular formula is C14H18N2O. The minimum Gasteiger partial charge on any atom is -0.396 e. The third-order valence-corrected chi connectivity index (χ3v) is 2.88. The van der Waals surface area contributed by atoms with Crippen molar-refractivity contribution in [1.29, 1.82) is 0 Å². The van der Waals surface area contributed by atoms with Gasteiger partial charge < -0.3 is 10.1 Å². The summed E-state index contributed by atoms with van der Waals surface area (Å²) in [6.45, 7) is 4.25. The molecule has 0 radical (unpaired) electrons. The summed E-state index contributed by atoms with van der Waals surface area (Å²) in [6.07, 6.45) is 1.43. The highest BCUT2D eigenvalue weighted by Gasteiger charge is 2.06. The number of nitrogens with one attached hydrogen (secondary N) is 1. The van der Waals surface area contributed by atoms with E-state index in [-0.39, 0.29) is 6.61 Å². The average Bonchev–Trinajstić information content (AvgIpc) is 2.63. The van der Waals surface area contributed by atoms with Gasteiger partial charge in [0.05, 0.1) is 12.3 Å². The Morgan fingerprint density at radius 3 is 2.53 bits per heavy atom. The van der Waals surface area contributed by atoms with E-state index in [1.165, 1.54) is 11.1 Å². The average molecular weight is 230 g/mol. The summed E-state index contributed by atoms with van der Waals surface area (Å²) in [4.78, 5) is 7.71. The van der Waals surface area contributed by atoms with Gasteiger partial charge in [0.1, 0.15) is 5.82 Å². The van der Waals surface area contributed by atoms with Crippen LogP contribution in [0.2, 0.25) is 0 Å². The van der Waals surface area contributed by atoms with Gasteiger partial charge in [-0.05, 0) is 19.4 Å². The molecule has 1 aromatic carbocycles. The molecule has 90 valence electrons. The van der Waals surface area contributed by atoms with Crippen LogP contribution in [0.3, 0.4) is 0 Å². The summed E-state index contributed by atoms with van der Waals surface area (Å²) in [7, 11) is 0. The highest BCUT2D eigenvalue weighted by molar-refractivity contribution is 5.27. The maximum Gasteiger partial charge on any atom is 0.108 e. The standard InChI is InChI=1S/C14H18N2O/c1-10-3-5-12(6-4-10)9-13-11(2)15-14(16-13)7-8-17/h3-6,17H,7-9H2,1-2H3,(H,15,16). The summed E-state index contributed by atoms with van der Waals surface area (Å²) in [6, 6.07) is 8.50. The Labute approximate surface area is 102 Å². The topological polar surface area (TPSA) is 48.9 Å². The molecule has 0 aliphatic heterocycles. The summed E-state index contributed by atoms with van der Waals surface area (Å²) >= 11 is 0. The van der Waals surface area contributed by atoms with Crippen molar-refractivity contribution < 1.29 is 5.11 Å². The van der Waals surface area contributed by atoms with E-state index in [9.17, 15) is 0 Å². The number of aliphatic hydroxyl groups is 1. The number of hydrogen-bond donors (Lipinski definition) is 2. The predicted molar refractivity (Wildman–Crippen MR) is 68.1 cm³/mol. The van der Waals surface area contributed by atoms with Crippen molar-refractivity contribution in [3.05, 3.63) is 52.6 Å². The Morgan fingerprint density at radius 1 is 1.18 bits per heavy atom. The molecule has 0 spiro atoms. The van der Waals surface area contributed by atoms with Gasteiger partial charge in [0.25, 0.3) is 0 Å². The highest BCUT2D eigenvalue weighted by Crippen LogP contribution is 2.12. The summed E-state index contributed by atoms with van der Waals surface area (Å²) < 4.78 is 0. The van der Waals surface area contributed by atoms with Crippen LogP contribution in [0.5, 0.6) is 0 Å². The Hall–Kier alpha value is -1.61. The Morgan fingerprint density at radius 2 is 1.88 bits per heavy atom. The van der Waals surface area contributed by atoms with Gasteiger partial charge in [0.2, 0.25) is 0 Å². The van der Waals surface area contributed by atoms with Crippen LogP contribution in [0, 0.1) is 13.8 Å². The van der Waals surface area contributed by atoms with Crippen molar-refractivity contribution in [3.8, 4) is 0 Å². The first-order valence-electron chi connectivity index (χ1n) is 5.90. The smallest absolute Gasteiger partial charge is 0.108 e. The van der Waals surface area contributed by atoms with Gasteiger partial charge in [-0.3, -0.25) is 0 Å². The first kappa shape index (κ1) is 11.9. The Balaban J connectivity index is 2.15. The minimum absolute atomic E-state index is 0.136. The number of aromatic nitrogens is 2. The van der Waals surface area contributed by atoms with Crippen LogP contribution in [-0.2, 0) is 12.8 Å². The quantitative estimate of drug-likeness (QED) is 0.845. The van der Waals surface area contributed by atoms with E-state index in [2.05, 4.69) is 41.2 Å². The molecule has 0 aliphatic rings. The number of nitrogens with zero attached hydrogens (tertiary/aromatic N) is 1. The molecule has 0 saturated carbocycles. The fraction of sp³-hybridized carbons (Fsp3) is 0.357. The van der Waals surface area contributed by atoms with Gasteiger partial charge >= 0.3 is 0 Å². The molecule has 0 amide bonds. The molecule has 0 bridgehead atoms. The minimum atomic E-state index is 0.136. The molecule has 3 nitrogen and oxygen atoms in total. The fourth-order valence-electron chi connectivity index (χ4n) is 1.86. The monoisotopic (exact) mass is 230 g/mol. The van der Waals surface area contributed by atoms with Crippen molar-refractivity contribution in [3.63, 3.8) is 0 Å². The van der Waals surface area contributed by atoms with Gasteiger partial charge in [-0.1, -0.05) is 29.8 Å². The van der Waals surface area contributed by atoms with Gasteiger partial charge in [-0.15, -0.1) is 0 Å². The van der Waals surface area contributed by atoms with E-state index in [0.29, 0.717) is 6.42 Å². The molecule has 0 unspecified atom stereocenters. The lowest BCUT2D eigenvalue weighted by Crippen LogP contribution is -1.94. The number of imidazole rings is 1. The van der Waals surface area contributed by atoms with E-state index >= 15 is 0 Å². The second-order valence-electron chi connectivity index (χ2n) is 4.39. The zero-order valence-corrected chi connectivity index (χ0v) is 10.3. The van der Waals surface area contributed by atoms with E-state index in [0.717, 1.165) is 23.6 Å².